The Kier molecular flexibility index (Phi) is 5.96. The molecule has 0 aromatic heterocycles. The molecule has 1 rings (SSSR count). The van der Waals surface area contributed by atoms with Gasteiger partial charge in [0.2, 0.25) is 0 Å². The number of ether oxygens (including phenoxy) is 1. The van der Waals surface area contributed by atoms with Gasteiger partial charge in [0, 0.05) is 13.1 Å². The van der Waals surface area contributed by atoms with Gasteiger partial charge in [0.1, 0.15) is 5.82 Å². The molecule has 106 valence electrons. The summed E-state index contributed by atoms with van der Waals surface area (Å²) in [6.07, 6.45) is 0. The first-order chi connectivity index (χ1) is 8.95. The van der Waals surface area contributed by atoms with Gasteiger partial charge in [0.25, 0.3) is 0 Å². The Morgan fingerprint density at radius 2 is 1.95 bits per heavy atom. The van der Waals surface area contributed by atoms with Crippen LogP contribution in [0.4, 0.5) is 4.39 Å². The fourth-order valence-electron chi connectivity index (χ4n) is 1.94. The molecule has 0 radical (unpaired) electrons. The average Bonchev–Trinajstić information content (AvgIpc) is 2.36. The van der Waals surface area contributed by atoms with Gasteiger partial charge >= 0.3 is 5.97 Å². The van der Waals surface area contributed by atoms with Crippen LogP contribution in [0.3, 0.4) is 0 Å². The number of halogens is 1. The fraction of sp³-hybridized carbons (Fsp3) is 0.533. The van der Waals surface area contributed by atoms with Gasteiger partial charge in [0.05, 0.1) is 12.5 Å². The van der Waals surface area contributed by atoms with Gasteiger partial charge in [0.15, 0.2) is 0 Å². The van der Waals surface area contributed by atoms with Crippen molar-refractivity contribution in [1.29, 1.82) is 0 Å². The van der Waals surface area contributed by atoms with Crippen LogP contribution in [0.5, 0.6) is 0 Å². The van der Waals surface area contributed by atoms with Crippen LogP contribution in [0, 0.1) is 25.6 Å². The highest BCUT2D eigenvalue weighted by Crippen LogP contribution is 2.14. The zero-order valence-electron chi connectivity index (χ0n) is 12.0. The summed E-state index contributed by atoms with van der Waals surface area (Å²) in [4.78, 5) is 11.4. The Bertz CT molecular complexity index is 423. The maximum Gasteiger partial charge on any atom is 0.309 e. The van der Waals surface area contributed by atoms with E-state index >= 15 is 0 Å². The Morgan fingerprint density at radius 1 is 1.37 bits per heavy atom. The molecule has 0 fully saturated rings. The molecule has 0 saturated carbocycles. The number of hydrogen-bond acceptors (Lipinski definition) is 3. The lowest BCUT2D eigenvalue weighted by Gasteiger charge is -2.12. The molecule has 0 amide bonds. The topological polar surface area (TPSA) is 38.3 Å². The molecule has 4 heteroatoms. The minimum Gasteiger partial charge on any atom is -0.466 e. The lowest BCUT2D eigenvalue weighted by Crippen LogP contribution is -2.27. The van der Waals surface area contributed by atoms with Crippen LogP contribution < -0.4 is 5.32 Å². The lowest BCUT2D eigenvalue weighted by atomic mass is 10.1. The number of aryl methyl sites for hydroxylation is 2. The van der Waals surface area contributed by atoms with Crippen LogP contribution in [-0.2, 0) is 16.1 Å². The third-order valence-electron chi connectivity index (χ3n) is 2.96. The molecule has 0 spiro atoms. The van der Waals surface area contributed by atoms with Gasteiger partial charge in [-0.25, -0.2) is 4.39 Å². The summed E-state index contributed by atoms with van der Waals surface area (Å²) in [5, 5.41) is 3.19. The summed E-state index contributed by atoms with van der Waals surface area (Å²) < 4.78 is 18.4. The van der Waals surface area contributed by atoms with Gasteiger partial charge in [-0.2, -0.15) is 0 Å². The summed E-state index contributed by atoms with van der Waals surface area (Å²) in [6.45, 7) is 8.70. The molecule has 1 unspecified atom stereocenters. The molecule has 0 heterocycles. The standard InChI is InChI=1S/C15H22FNO2/c1-5-19-15(18)12(4)8-17-9-13-6-10(2)14(16)11(3)7-13/h6-7,12,17H,5,8-9H2,1-4H3. The van der Waals surface area contributed by atoms with E-state index < -0.39 is 0 Å². The van der Waals surface area contributed by atoms with E-state index in [0.29, 0.717) is 30.8 Å². The Hall–Kier alpha value is -1.42. The number of carbonyl (C=O) groups is 1. The zero-order chi connectivity index (χ0) is 14.4. The first kappa shape index (κ1) is 15.6. The van der Waals surface area contributed by atoms with Crippen LogP contribution in [0.25, 0.3) is 0 Å². The molecule has 1 aromatic rings. The molecule has 0 aliphatic rings. The molecule has 1 N–H and O–H groups in total. The summed E-state index contributed by atoms with van der Waals surface area (Å²) >= 11 is 0. The molecule has 1 aromatic carbocycles. The van der Waals surface area contributed by atoms with Crippen LogP contribution in [0.15, 0.2) is 12.1 Å². The highest BCUT2D eigenvalue weighted by atomic mass is 19.1. The molecule has 1 atom stereocenters. The SMILES string of the molecule is CCOC(=O)C(C)CNCc1cc(C)c(F)c(C)c1. The molecule has 3 nitrogen and oxygen atoms in total. The van der Waals surface area contributed by atoms with E-state index in [-0.39, 0.29) is 17.7 Å². The zero-order valence-corrected chi connectivity index (χ0v) is 12.0. The van der Waals surface area contributed by atoms with Crippen molar-refractivity contribution in [2.45, 2.75) is 34.2 Å². The normalized spacial score (nSPS) is 12.3. The van der Waals surface area contributed by atoms with Gasteiger partial charge in [-0.15, -0.1) is 0 Å². The van der Waals surface area contributed by atoms with Crippen molar-refractivity contribution < 1.29 is 13.9 Å². The Morgan fingerprint density at radius 3 is 2.47 bits per heavy atom. The number of carbonyl (C=O) groups excluding carboxylic acids is 1. The molecule has 19 heavy (non-hydrogen) atoms. The van der Waals surface area contributed by atoms with Crippen LogP contribution in [-0.4, -0.2) is 19.1 Å². The predicted octanol–water partition coefficient (Wildman–Crippen LogP) is 2.73. The highest BCUT2D eigenvalue weighted by molar-refractivity contribution is 5.72. The maximum atomic E-state index is 13.5. The number of nitrogens with one attached hydrogen (secondary N) is 1. The summed E-state index contributed by atoms with van der Waals surface area (Å²) in [5.41, 5.74) is 2.32. The predicted molar refractivity (Wildman–Crippen MR) is 73.4 cm³/mol. The first-order valence-electron chi connectivity index (χ1n) is 6.58. The minimum absolute atomic E-state index is 0.149. The van der Waals surface area contributed by atoms with Crippen molar-refractivity contribution in [3.8, 4) is 0 Å². The Labute approximate surface area is 114 Å². The number of rotatable bonds is 6. The van der Waals surface area contributed by atoms with Crippen molar-refractivity contribution in [2.75, 3.05) is 13.2 Å². The van der Waals surface area contributed by atoms with Crippen molar-refractivity contribution in [2.24, 2.45) is 5.92 Å². The Balaban J connectivity index is 2.47. The lowest BCUT2D eigenvalue weighted by molar-refractivity contribution is -0.147. The van der Waals surface area contributed by atoms with Crippen LogP contribution in [0.2, 0.25) is 0 Å². The summed E-state index contributed by atoms with van der Waals surface area (Å²) in [6, 6.07) is 3.65. The van der Waals surface area contributed by atoms with Crippen molar-refractivity contribution >= 4 is 5.97 Å². The van der Waals surface area contributed by atoms with E-state index in [9.17, 15) is 9.18 Å². The first-order valence-corrected chi connectivity index (χ1v) is 6.58. The monoisotopic (exact) mass is 267 g/mol. The second-order valence-electron chi connectivity index (χ2n) is 4.83. The number of hydrogen-bond donors (Lipinski definition) is 1. The van der Waals surface area contributed by atoms with Crippen LogP contribution >= 0.6 is 0 Å². The number of esters is 1. The molecular weight excluding hydrogens is 245 g/mol. The third-order valence-corrected chi connectivity index (χ3v) is 2.96. The summed E-state index contributed by atoms with van der Waals surface area (Å²) in [7, 11) is 0. The average molecular weight is 267 g/mol. The maximum absolute atomic E-state index is 13.5. The smallest absolute Gasteiger partial charge is 0.309 e. The fourth-order valence-corrected chi connectivity index (χ4v) is 1.94. The molecule has 0 aliphatic carbocycles. The van der Waals surface area contributed by atoms with Gasteiger partial charge in [-0.1, -0.05) is 19.1 Å². The van der Waals surface area contributed by atoms with Gasteiger partial charge in [-0.3, -0.25) is 4.79 Å². The van der Waals surface area contributed by atoms with E-state index in [4.69, 9.17) is 4.74 Å². The molecule has 0 bridgehead atoms. The van der Waals surface area contributed by atoms with Crippen molar-refractivity contribution in [3.63, 3.8) is 0 Å². The van der Waals surface area contributed by atoms with E-state index in [1.165, 1.54) is 0 Å². The second kappa shape index (κ2) is 7.24. The highest BCUT2D eigenvalue weighted by Gasteiger charge is 2.13. The van der Waals surface area contributed by atoms with Gasteiger partial charge < -0.3 is 10.1 Å². The number of benzene rings is 1. The second-order valence-corrected chi connectivity index (χ2v) is 4.83. The van der Waals surface area contributed by atoms with E-state index in [0.717, 1.165) is 5.56 Å². The molecule has 0 aliphatic heterocycles. The summed E-state index contributed by atoms with van der Waals surface area (Å²) in [5.74, 6) is -0.521. The molecule has 0 saturated heterocycles. The minimum atomic E-state index is -0.193. The van der Waals surface area contributed by atoms with Crippen LogP contribution in [0.1, 0.15) is 30.5 Å². The van der Waals surface area contributed by atoms with E-state index in [1.54, 1.807) is 20.8 Å². The third kappa shape index (κ3) is 4.63. The van der Waals surface area contributed by atoms with Crippen molar-refractivity contribution in [3.05, 3.63) is 34.6 Å². The molecular formula is C15H22FNO2. The quantitative estimate of drug-likeness (QED) is 0.805. The van der Waals surface area contributed by atoms with Gasteiger partial charge in [-0.05, 0) is 37.5 Å². The van der Waals surface area contributed by atoms with Crippen molar-refractivity contribution in [1.82, 2.24) is 5.32 Å². The van der Waals surface area contributed by atoms with E-state index in [1.807, 2.05) is 19.1 Å². The largest absolute Gasteiger partial charge is 0.466 e. The van der Waals surface area contributed by atoms with E-state index in [2.05, 4.69) is 5.32 Å².